The van der Waals surface area contributed by atoms with Crippen LogP contribution in [0, 0.1) is 0 Å². The van der Waals surface area contributed by atoms with Crippen molar-refractivity contribution in [2.24, 2.45) is 0 Å². The Labute approximate surface area is 272 Å². The van der Waals surface area contributed by atoms with Gasteiger partial charge in [0.05, 0.1) is 45.9 Å². The van der Waals surface area contributed by atoms with Crippen molar-refractivity contribution >= 4 is 29.8 Å². The van der Waals surface area contributed by atoms with E-state index in [0.717, 1.165) is 0 Å². The molecule has 0 heterocycles. The Morgan fingerprint density at radius 3 is 1.09 bits per heavy atom. The molecular formula is C32H43N3O12. The lowest BCUT2D eigenvalue weighted by molar-refractivity contribution is -0.144. The van der Waals surface area contributed by atoms with E-state index in [-0.39, 0.29) is 25.9 Å². The predicted molar refractivity (Wildman–Crippen MR) is 168 cm³/mol. The molecule has 0 bridgehead atoms. The molecule has 0 saturated carbocycles. The molecule has 0 radical (unpaired) electrons. The maximum Gasteiger partial charge on any atom is 0.317 e. The second-order valence-electron chi connectivity index (χ2n) is 10.8. The Morgan fingerprint density at radius 2 is 0.830 bits per heavy atom. The summed E-state index contributed by atoms with van der Waals surface area (Å²) in [6, 6.07) is 12.2. The summed E-state index contributed by atoms with van der Waals surface area (Å²) in [4.78, 5) is 63.1. The number of hydrogen-bond donors (Lipinski definition) is 5. The number of hydrogen-bond acceptors (Lipinski definition) is 10. The summed E-state index contributed by atoms with van der Waals surface area (Å²) >= 11 is 0. The van der Waals surface area contributed by atoms with Gasteiger partial charge in [0.15, 0.2) is 0 Å². The molecule has 47 heavy (non-hydrogen) atoms. The zero-order chi connectivity index (χ0) is 34.9. The summed E-state index contributed by atoms with van der Waals surface area (Å²) < 4.78 is 11.0. The van der Waals surface area contributed by atoms with Crippen LogP contribution in [0.15, 0.2) is 48.5 Å². The summed E-state index contributed by atoms with van der Waals surface area (Å²) in [5.74, 6) is -5.17. The average Bonchev–Trinajstić information content (AvgIpc) is 2.96. The van der Waals surface area contributed by atoms with Crippen LogP contribution < -0.4 is 9.47 Å². The molecule has 0 amide bonds. The van der Waals surface area contributed by atoms with Gasteiger partial charge < -0.3 is 35.0 Å². The molecule has 0 fully saturated rings. The number of ether oxygens (including phenoxy) is 2. The molecule has 5 N–H and O–H groups in total. The largest absolute Gasteiger partial charge is 0.494 e. The lowest BCUT2D eigenvalue weighted by Gasteiger charge is -2.37. The van der Waals surface area contributed by atoms with Crippen molar-refractivity contribution in [3.63, 3.8) is 0 Å². The van der Waals surface area contributed by atoms with Crippen LogP contribution in [0.25, 0.3) is 0 Å². The van der Waals surface area contributed by atoms with Gasteiger partial charge in [-0.25, -0.2) is 0 Å². The molecule has 15 heteroatoms. The third-order valence-corrected chi connectivity index (χ3v) is 7.09. The van der Waals surface area contributed by atoms with Crippen LogP contribution in [0.2, 0.25) is 0 Å². The van der Waals surface area contributed by atoms with E-state index in [1.54, 1.807) is 48.5 Å². The molecule has 258 valence electrons. The monoisotopic (exact) mass is 661 g/mol. The highest BCUT2D eigenvalue weighted by molar-refractivity contribution is 5.73. The Balaban J connectivity index is 2.53. The predicted octanol–water partition coefficient (Wildman–Crippen LogP) is 1.34. The third-order valence-electron chi connectivity index (χ3n) is 7.09. The van der Waals surface area contributed by atoms with Gasteiger partial charge >= 0.3 is 29.8 Å². The first-order valence-electron chi connectivity index (χ1n) is 15.0. The average molecular weight is 662 g/mol. The SMILES string of the molecule is CCOc1ccc(CC(CN(CC(=O)O)CC(Cc2ccc(OCC)cc2)N(CC(=O)O)CC(=O)O)N(CC(=O)O)CC(=O)O)cc1. The highest BCUT2D eigenvalue weighted by Crippen LogP contribution is 2.19. The second-order valence-corrected chi connectivity index (χ2v) is 10.8. The van der Waals surface area contributed by atoms with Gasteiger partial charge in [-0.05, 0) is 62.1 Å². The number of carboxylic acid groups (broad SMARTS) is 5. The van der Waals surface area contributed by atoms with Crippen LogP contribution >= 0.6 is 0 Å². The summed E-state index contributed by atoms with van der Waals surface area (Å²) in [5, 5.41) is 48.3. The van der Waals surface area contributed by atoms with Crippen LogP contribution in [0.3, 0.4) is 0 Å². The van der Waals surface area contributed by atoms with E-state index in [0.29, 0.717) is 35.8 Å². The molecule has 0 aromatic heterocycles. The summed E-state index contributed by atoms with van der Waals surface area (Å²) in [6.45, 7) is 1.13. The van der Waals surface area contributed by atoms with Crippen molar-refractivity contribution in [3.8, 4) is 11.5 Å². The van der Waals surface area contributed by atoms with Crippen LogP contribution in [0.5, 0.6) is 11.5 Å². The molecule has 0 aliphatic heterocycles. The molecule has 2 rings (SSSR count). The second kappa shape index (κ2) is 19.7. The molecule has 0 saturated heterocycles. The minimum absolute atomic E-state index is 0.131. The highest BCUT2D eigenvalue weighted by atomic mass is 16.5. The Bertz CT molecular complexity index is 1190. The number of aliphatic carboxylic acids is 5. The normalized spacial score (nSPS) is 12.5. The van der Waals surface area contributed by atoms with Crippen LogP contribution in [0.4, 0.5) is 0 Å². The molecule has 2 atom stereocenters. The van der Waals surface area contributed by atoms with Crippen molar-refractivity contribution in [2.75, 3.05) is 59.0 Å². The number of benzene rings is 2. The molecule has 0 aliphatic carbocycles. The minimum Gasteiger partial charge on any atom is -0.494 e. The highest BCUT2D eigenvalue weighted by Gasteiger charge is 2.31. The van der Waals surface area contributed by atoms with E-state index in [1.165, 1.54) is 14.7 Å². The summed E-state index contributed by atoms with van der Waals surface area (Å²) in [6.07, 6.45) is 0.279. The van der Waals surface area contributed by atoms with Gasteiger partial charge in [-0.3, -0.25) is 38.7 Å². The number of carboxylic acids is 5. The minimum atomic E-state index is -1.28. The molecule has 15 nitrogen and oxygen atoms in total. The van der Waals surface area contributed by atoms with Gasteiger partial charge in [0.1, 0.15) is 11.5 Å². The lowest BCUT2D eigenvalue weighted by atomic mass is 10.0. The Hall–Kier alpha value is -4.73. The topological polar surface area (TPSA) is 215 Å². The van der Waals surface area contributed by atoms with Crippen LogP contribution in [-0.4, -0.2) is 141 Å². The van der Waals surface area contributed by atoms with E-state index in [2.05, 4.69) is 0 Å². The first-order valence-corrected chi connectivity index (χ1v) is 15.0. The zero-order valence-electron chi connectivity index (χ0n) is 26.5. The molecule has 2 aromatic rings. The maximum atomic E-state index is 12.1. The van der Waals surface area contributed by atoms with Gasteiger partial charge in [0, 0.05) is 25.2 Å². The van der Waals surface area contributed by atoms with E-state index < -0.39 is 74.7 Å². The van der Waals surface area contributed by atoms with Gasteiger partial charge in [-0.2, -0.15) is 0 Å². The molecular weight excluding hydrogens is 618 g/mol. The Kier molecular flexibility index (Phi) is 16.1. The fourth-order valence-electron chi connectivity index (χ4n) is 5.25. The maximum absolute atomic E-state index is 12.1. The van der Waals surface area contributed by atoms with E-state index in [9.17, 15) is 49.5 Å². The quantitative estimate of drug-likeness (QED) is 0.107. The third kappa shape index (κ3) is 14.9. The molecule has 2 unspecified atom stereocenters. The van der Waals surface area contributed by atoms with Crippen molar-refractivity contribution in [1.82, 2.24) is 14.7 Å². The lowest BCUT2D eigenvalue weighted by Crippen LogP contribution is -2.54. The van der Waals surface area contributed by atoms with Crippen molar-refractivity contribution in [1.29, 1.82) is 0 Å². The van der Waals surface area contributed by atoms with Gasteiger partial charge in [-0.1, -0.05) is 24.3 Å². The number of rotatable bonds is 24. The van der Waals surface area contributed by atoms with Crippen molar-refractivity contribution in [2.45, 2.75) is 38.8 Å². The van der Waals surface area contributed by atoms with Gasteiger partial charge in [0.25, 0.3) is 0 Å². The fourth-order valence-corrected chi connectivity index (χ4v) is 5.25. The molecule has 0 spiro atoms. The van der Waals surface area contributed by atoms with Gasteiger partial charge in [-0.15, -0.1) is 0 Å². The van der Waals surface area contributed by atoms with E-state index >= 15 is 0 Å². The van der Waals surface area contributed by atoms with Crippen LogP contribution in [-0.2, 0) is 36.8 Å². The summed E-state index contributed by atoms with van der Waals surface area (Å²) in [7, 11) is 0. The van der Waals surface area contributed by atoms with Crippen LogP contribution in [0.1, 0.15) is 25.0 Å². The van der Waals surface area contributed by atoms with Crippen molar-refractivity contribution in [3.05, 3.63) is 59.7 Å². The zero-order valence-corrected chi connectivity index (χ0v) is 26.5. The molecule has 0 aliphatic rings. The Morgan fingerprint density at radius 1 is 0.532 bits per heavy atom. The first kappa shape index (κ1) is 38.5. The molecule has 2 aromatic carbocycles. The smallest absolute Gasteiger partial charge is 0.317 e. The van der Waals surface area contributed by atoms with E-state index in [4.69, 9.17) is 9.47 Å². The summed E-state index contributed by atoms with van der Waals surface area (Å²) in [5.41, 5.74) is 1.41. The number of carbonyl (C=O) groups is 5. The standard InChI is InChI=1S/C32H43N3O12/c1-3-46-26-9-5-22(6-10-26)13-24(34(18-29(38)39)19-30(40)41)15-33(17-28(36)37)16-25(35(20-31(42)43)21-32(44)45)14-23-7-11-27(12-8-23)47-4-2/h5-12,24-25H,3-4,13-21H2,1-2H3,(H,36,37)(H,38,39)(H,40,41)(H,42,43)(H,44,45). The van der Waals surface area contributed by atoms with Crippen molar-refractivity contribution < 1.29 is 59.0 Å². The fraction of sp³-hybridized carbons (Fsp3) is 0.469. The first-order chi connectivity index (χ1) is 22.3. The van der Waals surface area contributed by atoms with Gasteiger partial charge in [0.2, 0.25) is 0 Å². The van der Waals surface area contributed by atoms with E-state index in [1.807, 2.05) is 13.8 Å². The number of nitrogens with zero attached hydrogens (tertiary/aromatic N) is 3.